The van der Waals surface area contributed by atoms with Crippen LogP contribution in [0.25, 0.3) is 5.95 Å². The van der Waals surface area contributed by atoms with Crippen molar-refractivity contribution in [2.45, 2.75) is 38.8 Å². The van der Waals surface area contributed by atoms with E-state index in [-0.39, 0.29) is 5.28 Å². The second-order valence-electron chi connectivity index (χ2n) is 5.51. The normalized spacial score (nSPS) is 12.5. The van der Waals surface area contributed by atoms with Crippen LogP contribution in [0.3, 0.4) is 0 Å². The third kappa shape index (κ3) is 3.05. The monoisotopic (exact) mass is 296 g/mol. The SMILES string of the molecule is CC(C)(O)C(C)(C)Nc1nc(Cl)nc(-n2ccnc2)n1. The first-order valence-corrected chi connectivity index (χ1v) is 6.47. The van der Waals surface area contributed by atoms with Gasteiger partial charge in [-0.3, -0.25) is 4.57 Å². The van der Waals surface area contributed by atoms with E-state index in [2.05, 4.69) is 25.3 Å². The third-order valence-corrected chi connectivity index (χ3v) is 3.45. The van der Waals surface area contributed by atoms with Gasteiger partial charge >= 0.3 is 0 Å². The van der Waals surface area contributed by atoms with Gasteiger partial charge in [0.25, 0.3) is 0 Å². The van der Waals surface area contributed by atoms with E-state index >= 15 is 0 Å². The van der Waals surface area contributed by atoms with Crippen molar-refractivity contribution in [2.24, 2.45) is 0 Å². The smallest absolute Gasteiger partial charge is 0.241 e. The summed E-state index contributed by atoms with van der Waals surface area (Å²) in [6.07, 6.45) is 4.89. The number of hydrogen-bond donors (Lipinski definition) is 2. The van der Waals surface area contributed by atoms with Crippen molar-refractivity contribution in [1.29, 1.82) is 0 Å². The maximum Gasteiger partial charge on any atom is 0.241 e. The van der Waals surface area contributed by atoms with Gasteiger partial charge in [0.2, 0.25) is 17.2 Å². The lowest BCUT2D eigenvalue weighted by Gasteiger charge is -2.37. The van der Waals surface area contributed by atoms with Crippen LogP contribution in [0, 0.1) is 0 Å². The summed E-state index contributed by atoms with van der Waals surface area (Å²) in [5, 5.41) is 13.3. The maximum atomic E-state index is 10.1. The molecule has 0 fully saturated rings. The number of aromatic nitrogens is 5. The number of hydrogen-bond acceptors (Lipinski definition) is 6. The summed E-state index contributed by atoms with van der Waals surface area (Å²) >= 11 is 5.91. The van der Waals surface area contributed by atoms with Crippen LogP contribution in [0.5, 0.6) is 0 Å². The molecule has 0 spiro atoms. The first-order chi connectivity index (χ1) is 9.19. The number of nitrogens with zero attached hydrogens (tertiary/aromatic N) is 5. The molecular weight excluding hydrogens is 280 g/mol. The molecule has 2 aromatic heterocycles. The van der Waals surface area contributed by atoms with E-state index in [1.165, 1.54) is 0 Å². The Balaban J connectivity index is 2.34. The zero-order valence-electron chi connectivity index (χ0n) is 11.8. The van der Waals surface area contributed by atoms with E-state index in [4.69, 9.17) is 11.6 Å². The van der Waals surface area contributed by atoms with Crippen LogP contribution in [-0.2, 0) is 0 Å². The molecule has 20 heavy (non-hydrogen) atoms. The van der Waals surface area contributed by atoms with Crippen LogP contribution in [0.4, 0.5) is 5.95 Å². The molecule has 2 heterocycles. The molecule has 2 rings (SSSR count). The summed E-state index contributed by atoms with van der Waals surface area (Å²) in [4.78, 5) is 16.3. The Hall–Kier alpha value is -1.73. The van der Waals surface area contributed by atoms with Gasteiger partial charge in [-0.1, -0.05) is 0 Å². The summed E-state index contributed by atoms with van der Waals surface area (Å²) in [7, 11) is 0. The van der Waals surface area contributed by atoms with E-state index < -0.39 is 11.1 Å². The molecule has 8 heteroatoms. The van der Waals surface area contributed by atoms with Gasteiger partial charge in [-0.05, 0) is 39.3 Å². The minimum atomic E-state index is -0.971. The highest BCUT2D eigenvalue weighted by Crippen LogP contribution is 2.24. The molecule has 0 aliphatic heterocycles. The third-order valence-electron chi connectivity index (χ3n) is 3.29. The molecular formula is C12H17ClN6O. The molecule has 0 unspecified atom stereocenters. The van der Waals surface area contributed by atoms with E-state index in [1.807, 2.05) is 13.8 Å². The molecule has 108 valence electrons. The average Bonchev–Trinajstić information content (AvgIpc) is 2.78. The fraction of sp³-hybridized carbons (Fsp3) is 0.500. The molecule has 0 amide bonds. The molecule has 7 nitrogen and oxygen atoms in total. The van der Waals surface area contributed by atoms with Crippen LogP contribution in [0.1, 0.15) is 27.7 Å². The van der Waals surface area contributed by atoms with Gasteiger partial charge in [0.15, 0.2) is 0 Å². The van der Waals surface area contributed by atoms with Crippen molar-refractivity contribution >= 4 is 17.5 Å². The quantitative estimate of drug-likeness (QED) is 0.892. The summed E-state index contributed by atoms with van der Waals surface area (Å²) in [6.45, 7) is 7.11. The second kappa shape index (κ2) is 4.99. The highest BCUT2D eigenvalue weighted by Gasteiger charge is 2.35. The van der Waals surface area contributed by atoms with Gasteiger partial charge in [-0.15, -0.1) is 0 Å². The Labute approximate surface area is 122 Å². The lowest BCUT2D eigenvalue weighted by atomic mass is 9.86. The van der Waals surface area contributed by atoms with E-state index in [0.717, 1.165) is 0 Å². The topological polar surface area (TPSA) is 88.8 Å². The fourth-order valence-corrected chi connectivity index (χ4v) is 1.48. The lowest BCUT2D eigenvalue weighted by molar-refractivity contribution is 0.0237. The first kappa shape index (κ1) is 14.7. The minimum Gasteiger partial charge on any atom is -0.388 e. The van der Waals surface area contributed by atoms with Crippen LogP contribution < -0.4 is 5.32 Å². The minimum absolute atomic E-state index is 0.0674. The average molecular weight is 297 g/mol. The largest absolute Gasteiger partial charge is 0.388 e. The molecule has 2 aromatic rings. The number of halogens is 1. The van der Waals surface area contributed by atoms with E-state index in [9.17, 15) is 5.11 Å². The Morgan fingerprint density at radius 1 is 1.20 bits per heavy atom. The maximum absolute atomic E-state index is 10.1. The van der Waals surface area contributed by atoms with Gasteiger partial charge < -0.3 is 10.4 Å². The zero-order chi connectivity index (χ0) is 15.0. The van der Waals surface area contributed by atoms with Crippen molar-refractivity contribution in [3.8, 4) is 5.95 Å². The van der Waals surface area contributed by atoms with Crippen molar-refractivity contribution in [3.63, 3.8) is 0 Å². The van der Waals surface area contributed by atoms with Crippen molar-refractivity contribution in [3.05, 3.63) is 24.0 Å². The number of nitrogens with one attached hydrogen (secondary N) is 1. The molecule has 2 N–H and O–H groups in total. The summed E-state index contributed by atoms with van der Waals surface area (Å²) in [5.74, 6) is 0.650. The molecule has 0 atom stereocenters. The molecule has 0 aliphatic rings. The summed E-state index contributed by atoms with van der Waals surface area (Å²) < 4.78 is 1.62. The van der Waals surface area contributed by atoms with Crippen molar-refractivity contribution in [1.82, 2.24) is 24.5 Å². The zero-order valence-corrected chi connectivity index (χ0v) is 12.5. The lowest BCUT2D eigenvalue weighted by Crippen LogP contribution is -2.51. The number of imidazole rings is 1. The van der Waals surface area contributed by atoms with Crippen LogP contribution in [0.2, 0.25) is 5.28 Å². The van der Waals surface area contributed by atoms with Crippen molar-refractivity contribution in [2.75, 3.05) is 5.32 Å². The Morgan fingerprint density at radius 3 is 2.45 bits per heavy atom. The number of aliphatic hydroxyl groups is 1. The van der Waals surface area contributed by atoms with Crippen molar-refractivity contribution < 1.29 is 5.11 Å². The summed E-state index contributed by atoms with van der Waals surface area (Å²) in [5.41, 5.74) is -1.62. The Kier molecular flexibility index (Phi) is 3.66. The van der Waals surface area contributed by atoms with E-state index in [1.54, 1.807) is 37.1 Å². The standard InChI is InChI=1S/C12H17ClN6O/c1-11(2,12(3,4)20)18-9-15-8(13)16-10(17-9)19-6-5-14-7-19/h5-7,20H,1-4H3,(H,15,16,17,18). The van der Waals surface area contributed by atoms with Gasteiger partial charge in [0.05, 0.1) is 11.1 Å². The van der Waals surface area contributed by atoms with Crippen LogP contribution in [-0.4, -0.2) is 40.7 Å². The molecule has 0 aromatic carbocycles. The Morgan fingerprint density at radius 2 is 1.90 bits per heavy atom. The Bertz CT molecular complexity index is 590. The molecule has 0 aliphatic carbocycles. The first-order valence-electron chi connectivity index (χ1n) is 6.09. The van der Waals surface area contributed by atoms with Gasteiger partial charge in [0, 0.05) is 12.4 Å². The van der Waals surface area contributed by atoms with E-state index in [0.29, 0.717) is 11.9 Å². The second-order valence-corrected chi connectivity index (χ2v) is 5.85. The molecule has 0 saturated heterocycles. The van der Waals surface area contributed by atoms with Gasteiger partial charge in [-0.25, -0.2) is 4.98 Å². The predicted molar refractivity (Wildman–Crippen MR) is 76.0 cm³/mol. The molecule has 0 bridgehead atoms. The van der Waals surface area contributed by atoms with Gasteiger partial charge in [-0.2, -0.15) is 15.0 Å². The highest BCUT2D eigenvalue weighted by molar-refractivity contribution is 6.28. The van der Waals surface area contributed by atoms with Crippen LogP contribution >= 0.6 is 11.6 Å². The van der Waals surface area contributed by atoms with Gasteiger partial charge in [0.1, 0.15) is 6.33 Å². The summed E-state index contributed by atoms with van der Waals surface area (Å²) in [6, 6.07) is 0. The number of anilines is 1. The molecule has 0 radical (unpaired) electrons. The highest BCUT2D eigenvalue weighted by atomic mass is 35.5. The van der Waals surface area contributed by atoms with Crippen LogP contribution in [0.15, 0.2) is 18.7 Å². The molecule has 0 saturated carbocycles. The predicted octanol–water partition coefficient (Wildman–Crippen LogP) is 1.67. The fourth-order valence-electron chi connectivity index (χ4n) is 1.32. The number of rotatable bonds is 4.